The largest absolute Gasteiger partial charge is 0.454 e. The zero-order valence-corrected chi connectivity index (χ0v) is 12.8. The number of benzene rings is 1. The number of hydrogen-bond donors (Lipinski definition) is 1. The molecule has 0 saturated carbocycles. The highest BCUT2D eigenvalue weighted by Crippen LogP contribution is 2.35. The maximum Gasteiger partial charge on any atom is 0.254 e. The Kier molecular flexibility index (Phi) is 3.45. The fourth-order valence-corrected chi connectivity index (χ4v) is 3.76. The quantitative estimate of drug-likeness (QED) is 0.861. The third kappa shape index (κ3) is 2.65. The van der Waals surface area contributed by atoms with Crippen molar-refractivity contribution in [1.29, 1.82) is 0 Å². The van der Waals surface area contributed by atoms with Crippen molar-refractivity contribution in [2.24, 2.45) is 0 Å². The number of amides is 1. The molecule has 8 heteroatoms. The first-order valence-corrected chi connectivity index (χ1v) is 8.09. The minimum absolute atomic E-state index is 0.124. The first kappa shape index (κ1) is 14.1. The van der Waals surface area contributed by atoms with E-state index in [1.807, 2.05) is 0 Å². The monoisotopic (exact) mass is 331 g/mol. The first-order chi connectivity index (χ1) is 11.2. The molecule has 2 aliphatic heterocycles. The number of ether oxygens (including phenoxy) is 2. The predicted octanol–water partition coefficient (Wildman–Crippen LogP) is 1.65. The van der Waals surface area contributed by atoms with Crippen LogP contribution in [0.2, 0.25) is 0 Å². The van der Waals surface area contributed by atoms with Crippen molar-refractivity contribution in [3.05, 3.63) is 40.8 Å². The van der Waals surface area contributed by atoms with Gasteiger partial charge in [-0.2, -0.15) is 0 Å². The van der Waals surface area contributed by atoms with Crippen LogP contribution in [0.5, 0.6) is 11.5 Å². The molecule has 2 aliphatic rings. The second-order valence-corrected chi connectivity index (χ2v) is 6.21. The van der Waals surface area contributed by atoms with Gasteiger partial charge in [-0.15, -0.1) is 0 Å². The lowest BCUT2D eigenvalue weighted by molar-refractivity contribution is -0.116. The van der Waals surface area contributed by atoms with Crippen LogP contribution in [0.1, 0.15) is 12.5 Å². The van der Waals surface area contributed by atoms with E-state index in [0.29, 0.717) is 28.1 Å². The number of aromatic nitrogens is 2. The Bertz CT molecular complexity index is 836. The first-order valence-electron chi connectivity index (χ1n) is 7.10. The number of thioether (sulfide) groups is 1. The summed E-state index contributed by atoms with van der Waals surface area (Å²) in [7, 11) is 0. The van der Waals surface area contributed by atoms with Crippen molar-refractivity contribution in [1.82, 2.24) is 9.55 Å². The van der Waals surface area contributed by atoms with Crippen LogP contribution in [-0.2, 0) is 4.79 Å². The van der Waals surface area contributed by atoms with Crippen molar-refractivity contribution >= 4 is 23.4 Å². The van der Waals surface area contributed by atoms with Gasteiger partial charge in [0, 0.05) is 36.2 Å². The molecule has 0 aliphatic carbocycles. The van der Waals surface area contributed by atoms with Crippen molar-refractivity contribution < 1.29 is 14.3 Å². The van der Waals surface area contributed by atoms with Gasteiger partial charge in [-0.3, -0.25) is 14.2 Å². The van der Waals surface area contributed by atoms with Gasteiger partial charge in [0.2, 0.25) is 12.7 Å². The molecule has 1 aromatic heterocycles. The number of fused-ring (bicyclic) bond motifs is 2. The Morgan fingerprint density at radius 2 is 2.22 bits per heavy atom. The molecule has 3 heterocycles. The Balaban J connectivity index is 1.47. The zero-order chi connectivity index (χ0) is 15.8. The van der Waals surface area contributed by atoms with Crippen LogP contribution in [0.25, 0.3) is 0 Å². The fraction of sp³-hybridized carbons (Fsp3) is 0.267. The third-order valence-electron chi connectivity index (χ3n) is 3.69. The van der Waals surface area contributed by atoms with Crippen LogP contribution < -0.4 is 20.3 Å². The molecule has 1 amide bonds. The van der Waals surface area contributed by atoms with Gasteiger partial charge >= 0.3 is 0 Å². The lowest BCUT2D eigenvalue weighted by Gasteiger charge is -2.13. The second kappa shape index (κ2) is 5.62. The molecule has 4 rings (SSSR count). The van der Waals surface area contributed by atoms with E-state index in [1.165, 1.54) is 24.0 Å². The summed E-state index contributed by atoms with van der Waals surface area (Å²) in [5.74, 6) is 1.80. The summed E-state index contributed by atoms with van der Waals surface area (Å²) in [5, 5.41) is 3.49. The maximum atomic E-state index is 12.3. The van der Waals surface area contributed by atoms with Crippen LogP contribution in [0.3, 0.4) is 0 Å². The Morgan fingerprint density at radius 1 is 1.35 bits per heavy atom. The van der Waals surface area contributed by atoms with Crippen molar-refractivity contribution in [3.8, 4) is 11.5 Å². The van der Waals surface area contributed by atoms with Crippen LogP contribution in [0, 0.1) is 0 Å². The summed E-state index contributed by atoms with van der Waals surface area (Å²) in [6.07, 6.45) is 1.72. The summed E-state index contributed by atoms with van der Waals surface area (Å²) in [6.45, 7) is 0.193. The zero-order valence-electron chi connectivity index (χ0n) is 12.0. The summed E-state index contributed by atoms with van der Waals surface area (Å²) >= 11 is 1.49. The lowest BCUT2D eigenvalue weighted by atomic mass is 10.2. The van der Waals surface area contributed by atoms with Crippen molar-refractivity contribution in [2.45, 2.75) is 17.6 Å². The lowest BCUT2D eigenvalue weighted by Crippen LogP contribution is -2.26. The SMILES string of the molecule is O=C(CC1CSc2nccc(=O)n21)Nc1ccc2c(c1)OCO2. The summed E-state index contributed by atoms with van der Waals surface area (Å²) < 4.78 is 12.1. The van der Waals surface area contributed by atoms with Crippen LogP contribution in [0.15, 0.2) is 40.4 Å². The summed E-state index contributed by atoms with van der Waals surface area (Å²) in [6, 6.07) is 6.48. The fourth-order valence-electron chi connectivity index (χ4n) is 2.64. The molecule has 1 N–H and O–H groups in total. The number of nitrogens with zero attached hydrogens (tertiary/aromatic N) is 2. The average molecular weight is 331 g/mol. The van der Waals surface area contributed by atoms with Crippen LogP contribution in [0.4, 0.5) is 5.69 Å². The van der Waals surface area contributed by atoms with Gasteiger partial charge in [0.25, 0.3) is 5.56 Å². The van der Waals surface area contributed by atoms with E-state index in [2.05, 4.69) is 10.3 Å². The summed E-state index contributed by atoms with van der Waals surface area (Å²) in [4.78, 5) is 28.4. The molecular weight excluding hydrogens is 318 g/mol. The minimum Gasteiger partial charge on any atom is -0.454 e. The van der Waals surface area contributed by atoms with Crippen LogP contribution in [-0.4, -0.2) is 28.0 Å². The molecule has 0 fully saturated rings. The Morgan fingerprint density at radius 3 is 3.13 bits per heavy atom. The molecule has 2 aromatic rings. The number of carbonyl (C=O) groups excluding carboxylic acids is 1. The van der Waals surface area contributed by atoms with E-state index in [1.54, 1.807) is 22.8 Å². The minimum atomic E-state index is -0.176. The predicted molar refractivity (Wildman–Crippen MR) is 84.1 cm³/mol. The van der Waals surface area contributed by atoms with Crippen molar-refractivity contribution in [3.63, 3.8) is 0 Å². The average Bonchev–Trinajstić information content (AvgIpc) is 3.14. The molecule has 23 heavy (non-hydrogen) atoms. The second-order valence-electron chi connectivity index (χ2n) is 5.22. The van der Waals surface area contributed by atoms with Gasteiger partial charge in [0.15, 0.2) is 16.7 Å². The van der Waals surface area contributed by atoms with Gasteiger partial charge in [-0.05, 0) is 12.1 Å². The van der Waals surface area contributed by atoms with Gasteiger partial charge in [0.05, 0.1) is 6.04 Å². The molecule has 1 unspecified atom stereocenters. The number of carbonyl (C=O) groups is 1. The Hall–Kier alpha value is -2.48. The molecule has 0 saturated heterocycles. The van der Waals surface area contributed by atoms with Gasteiger partial charge in [0.1, 0.15) is 0 Å². The molecule has 1 atom stereocenters. The molecule has 0 bridgehead atoms. The van der Waals surface area contributed by atoms with Gasteiger partial charge < -0.3 is 14.8 Å². The van der Waals surface area contributed by atoms with E-state index < -0.39 is 0 Å². The van der Waals surface area contributed by atoms with E-state index >= 15 is 0 Å². The highest BCUT2D eigenvalue weighted by molar-refractivity contribution is 7.99. The van der Waals surface area contributed by atoms with Gasteiger partial charge in [-0.25, -0.2) is 4.98 Å². The molecule has 0 radical (unpaired) electrons. The highest BCUT2D eigenvalue weighted by Gasteiger charge is 2.27. The number of anilines is 1. The number of hydrogen-bond acceptors (Lipinski definition) is 6. The highest BCUT2D eigenvalue weighted by atomic mass is 32.2. The Labute approximate surface area is 135 Å². The van der Waals surface area contributed by atoms with Gasteiger partial charge in [-0.1, -0.05) is 11.8 Å². The van der Waals surface area contributed by atoms with E-state index in [4.69, 9.17) is 9.47 Å². The van der Waals surface area contributed by atoms with E-state index in [0.717, 1.165) is 0 Å². The van der Waals surface area contributed by atoms with E-state index in [9.17, 15) is 9.59 Å². The normalized spacial score (nSPS) is 17.8. The number of rotatable bonds is 3. The van der Waals surface area contributed by atoms with Crippen LogP contribution >= 0.6 is 11.8 Å². The summed E-state index contributed by atoms with van der Waals surface area (Å²) in [5.41, 5.74) is 0.518. The molecule has 118 valence electrons. The topological polar surface area (TPSA) is 82.5 Å². The smallest absolute Gasteiger partial charge is 0.254 e. The van der Waals surface area contributed by atoms with E-state index in [-0.39, 0.29) is 30.7 Å². The standard InChI is InChI=1S/C15H13N3O4S/c19-13(17-9-1-2-11-12(5-9)22-8-21-11)6-10-7-23-15-16-4-3-14(20)18(10)15/h1-5,10H,6-8H2,(H,17,19). The number of nitrogens with one attached hydrogen (secondary N) is 1. The maximum absolute atomic E-state index is 12.3. The molecular formula is C15H13N3O4S. The van der Waals surface area contributed by atoms with Crippen molar-refractivity contribution in [2.75, 3.05) is 17.9 Å². The third-order valence-corrected chi connectivity index (χ3v) is 4.80. The molecule has 7 nitrogen and oxygen atoms in total. The molecule has 1 aromatic carbocycles. The molecule has 0 spiro atoms.